The summed E-state index contributed by atoms with van der Waals surface area (Å²) in [6.45, 7) is -5.23. The van der Waals surface area contributed by atoms with Gasteiger partial charge in [-0.1, -0.05) is 0 Å². The number of aliphatic hydroxyl groups is 25. The molecular formula is C58H98N2O45-2. The van der Waals surface area contributed by atoms with E-state index in [-0.39, 0.29) is 12.1 Å². The molecule has 47 heteroatoms. The molecule has 0 aliphatic carbocycles. The van der Waals surface area contributed by atoms with Gasteiger partial charge in [0.25, 0.3) is 0 Å². The Kier molecular flexibility index (Phi) is 31.9. The van der Waals surface area contributed by atoms with Gasteiger partial charge in [0.1, 0.15) is 207 Å². The molecule has 612 valence electrons. The van der Waals surface area contributed by atoms with E-state index >= 15 is 0 Å². The molecule has 47 nitrogen and oxygen atoms in total. The first-order chi connectivity index (χ1) is 49.2. The van der Waals surface area contributed by atoms with Gasteiger partial charge in [0, 0.05) is 13.8 Å². The number of hydrogen-bond acceptors (Lipinski definition) is 44. The van der Waals surface area contributed by atoms with Crippen molar-refractivity contribution in [2.45, 2.75) is 291 Å². The predicted octanol–water partition coefficient (Wildman–Crippen LogP) is -18.7. The number of carbonyl (C=O) groups is 2. The Balaban J connectivity index is 0.0000139. The molecule has 9 fully saturated rings. The van der Waals surface area contributed by atoms with Crippen molar-refractivity contribution in [3.8, 4) is 0 Å². The summed E-state index contributed by atoms with van der Waals surface area (Å²) in [6, 6.07) is -2.98. The summed E-state index contributed by atoms with van der Waals surface area (Å²) in [7, 11) is 0. The van der Waals surface area contributed by atoms with Crippen LogP contribution in [0, 0.1) is 0 Å². The molecule has 0 radical (unpaired) electrons. The fourth-order valence-corrected chi connectivity index (χ4v) is 13.4. The molecule has 0 aromatic rings. The zero-order valence-corrected chi connectivity index (χ0v) is 56.1. The summed E-state index contributed by atoms with van der Waals surface area (Å²) in [4.78, 5) is 24.9. The maximum Gasteiger partial charge on any atom is 0.217 e. The first kappa shape index (κ1) is 87.8. The van der Waals surface area contributed by atoms with Gasteiger partial charge in [0.05, 0.1) is 71.6 Å². The molecular weight excluding hydrogens is 1440 g/mol. The third kappa shape index (κ3) is 19.1. The summed E-state index contributed by atoms with van der Waals surface area (Å²) in [5, 5.41) is 280. The van der Waals surface area contributed by atoms with Crippen molar-refractivity contribution in [1.82, 2.24) is 10.6 Å². The van der Waals surface area contributed by atoms with E-state index < -0.39 is 335 Å². The van der Waals surface area contributed by atoms with Crippen molar-refractivity contribution in [2.75, 3.05) is 59.5 Å². The van der Waals surface area contributed by atoms with Crippen molar-refractivity contribution < 1.29 is 223 Å². The van der Waals surface area contributed by atoms with Crippen LogP contribution in [0.25, 0.3) is 0 Å². The lowest BCUT2D eigenvalue weighted by atomic mass is 9.94. The van der Waals surface area contributed by atoms with Crippen LogP contribution in [-0.4, -0.2) is 469 Å². The second kappa shape index (κ2) is 38.2. The normalized spacial score (nSPS) is 50.7. The molecule has 0 aromatic carbocycles. The summed E-state index contributed by atoms with van der Waals surface area (Å²) in [6.07, 6.45) is -84.7. The van der Waals surface area contributed by atoms with Gasteiger partial charge in [-0.25, -0.2) is 0 Å². The fraction of sp³-hybridized carbons (Fsp3) is 0.966. The van der Waals surface area contributed by atoms with Gasteiger partial charge in [-0.2, -0.15) is 0 Å². The minimum atomic E-state index is -2.48. The molecule has 0 spiro atoms. The molecule has 9 aliphatic heterocycles. The van der Waals surface area contributed by atoms with Crippen molar-refractivity contribution >= 4 is 11.8 Å². The van der Waals surface area contributed by atoms with Crippen LogP contribution in [0.5, 0.6) is 0 Å². The van der Waals surface area contributed by atoms with E-state index in [4.69, 9.17) is 80.5 Å². The van der Waals surface area contributed by atoms with Gasteiger partial charge >= 0.3 is 0 Å². The summed E-state index contributed by atoms with van der Waals surface area (Å²) in [5.74, 6) is -1.50. The number of rotatable bonds is 26. The second-order valence-corrected chi connectivity index (χ2v) is 26.6. The van der Waals surface area contributed by atoms with E-state index in [0.29, 0.717) is 0 Å². The monoisotopic (exact) mass is 1540 g/mol. The van der Waals surface area contributed by atoms with Gasteiger partial charge < -0.3 is 224 Å². The molecule has 9 rings (SSSR count). The maximum atomic E-state index is 12.9. The van der Waals surface area contributed by atoms with Gasteiger partial charge in [0.15, 0.2) is 50.3 Å². The van der Waals surface area contributed by atoms with Crippen molar-refractivity contribution in [3.05, 3.63) is 0 Å². The summed E-state index contributed by atoms with van der Waals surface area (Å²) in [5.41, 5.74) is 0. The molecule has 9 saturated heterocycles. The van der Waals surface area contributed by atoms with Crippen LogP contribution >= 0.6 is 0 Å². The number of amides is 2. The Bertz CT molecular complexity index is 2660. The Hall–Kier alpha value is -2.78. The van der Waals surface area contributed by atoms with E-state index in [2.05, 4.69) is 10.6 Å². The number of ether oxygens (including phenoxy) is 17. The molecule has 9 aliphatic rings. The molecule has 0 unspecified atom stereocenters. The highest BCUT2D eigenvalue weighted by atomic mass is 16.8. The zero-order chi connectivity index (χ0) is 76.4. The van der Waals surface area contributed by atoms with Crippen LogP contribution < -0.4 is 10.6 Å². The van der Waals surface area contributed by atoms with Crippen molar-refractivity contribution in [3.63, 3.8) is 0 Å². The molecule has 105 heavy (non-hydrogen) atoms. The highest BCUT2D eigenvalue weighted by Gasteiger charge is 2.60. The third-order valence-electron chi connectivity index (χ3n) is 19.4. The minimum Gasteiger partial charge on any atom is -2.00 e. The van der Waals surface area contributed by atoms with Crippen LogP contribution in [0.3, 0.4) is 0 Å². The first-order valence-corrected chi connectivity index (χ1v) is 33.4. The fourth-order valence-electron chi connectivity index (χ4n) is 13.4. The number of aliphatic hydroxyl groups excluding tert-OH is 25. The van der Waals surface area contributed by atoms with Crippen molar-refractivity contribution in [2.24, 2.45) is 0 Å². The lowest BCUT2D eigenvalue weighted by molar-refractivity contribution is -0.394. The van der Waals surface area contributed by atoms with Crippen LogP contribution in [-0.2, 0) is 95.6 Å². The summed E-state index contributed by atoms with van der Waals surface area (Å²) < 4.78 is 99.1. The highest BCUT2D eigenvalue weighted by molar-refractivity contribution is 5.73. The predicted molar refractivity (Wildman–Crippen MR) is 318 cm³/mol. The number of carbonyl (C=O) groups excluding carboxylic acids is 2. The molecule has 44 atom stereocenters. The second-order valence-electron chi connectivity index (χ2n) is 26.6. The van der Waals surface area contributed by atoms with Crippen LogP contribution in [0.2, 0.25) is 0 Å². The smallest absolute Gasteiger partial charge is 0.217 e. The van der Waals surface area contributed by atoms with Gasteiger partial charge in [0.2, 0.25) is 11.8 Å². The van der Waals surface area contributed by atoms with Gasteiger partial charge in [-0.3, -0.25) is 9.59 Å². The average molecular weight is 1540 g/mol. The highest BCUT2D eigenvalue weighted by Crippen LogP contribution is 2.39. The average Bonchev–Trinajstić information content (AvgIpc) is 0.770. The molecule has 0 saturated carbocycles. The lowest BCUT2D eigenvalue weighted by Crippen LogP contribution is -2.70. The van der Waals surface area contributed by atoms with E-state index in [1.807, 2.05) is 0 Å². The largest absolute Gasteiger partial charge is 2.00 e. The lowest BCUT2D eigenvalue weighted by Gasteiger charge is -2.50. The van der Waals surface area contributed by atoms with Crippen LogP contribution in [0.4, 0.5) is 0 Å². The molecule has 9 heterocycles. The summed E-state index contributed by atoms with van der Waals surface area (Å²) >= 11 is 0. The molecule has 27 N–H and O–H groups in total. The molecule has 2 amide bonds. The number of nitrogens with one attached hydrogen (secondary N) is 2. The van der Waals surface area contributed by atoms with Gasteiger partial charge in [-0.15, -0.1) is 0 Å². The topological polar surface area (TPSA) is 749 Å². The van der Waals surface area contributed by atoms with E-state index in [9.17, 15) is 137 Å². The quantitative estimate of drug-likeness (QED) is 0.0382. The Morgan fingerprint density at radius 3 is 1.09 bits per heavy atom. The van der Waals surface area contributed by atoms with E-state index in [1.165, 1.54) is 6.92 Å². The van der Waals surface area contributed by atoms with E-state index in [1.54, 1.807) is 0 Å². The Morgan fingerprint density at radius 2 is 0.629 bits per heavy atom. The van der Waals surface area contributed by atoms with Crippen LogP contribution in [0.15, 0.2) is 0 Å². The first-order valence-electron chi connectivity index (χ1n) is 33.4. The van der Waals surface area contributed by atoms with Crippen LogP contribution in [0.1, 0.15) is 20.8 Å². The SMILES string of the molecule is CC(=O)N[C@H]1[C@H](O[C@H]2[C@H](O)[C@@H](NC(C)=O)CO[C@@H]2CO)O[C@H](CO)[C@@H](O[C@@H]2O[C@H](CO[C@H]3O[C@H](CO[C@H]4O[C@H](CO)[C@@H](O)[C@H](O)[C@@H]4O[C@H]4O[C@H](C)[C@@H](O)[C@H](O)[C@@H]4O)[C@@H](O)[C@H](O[C@H]4O[C@H](CO)[C@@H](O)[C@H](O)[C@@H]4O)[C@@H]3O)[C@@H](O)[C@H](O[C@H]3O[C@H](CO)[C@@H](O)[C@H](O[C@H]4O[C@H](CO)[C@@H](O)[C@H](O)[C@@H]4O)[C@@H]3O)[C@@H]2O)[C@@H]1O.[O-2]. The van der Waals surface area contributed by atoms with E-state index in [0.717, 1.165) is 13.8 Å². The maximum absolute atomic E-state index is 12.9. The molecule has 0 bridgehead atoms. The Morgan fingerprint density at radius 1 is 0.305 bits per heavy atom. The van der Waals surface area contributed by atoms with Gasteiger partial charge in [-0.05, 0) is 6.92 Å². The molecule has 0 aromatic heterocycles. The standard InChI is InChI=1S/C58H98N2O44.O/c1-13-26(69)35(78)39(82)53(91-13)104-50-38(81)30(73)19(6-63)95-58(50)90-12-23-32(75)48(102-55-41(84)37(80)29(72)18(5-62)93-55)42(85)52(97-23)89-11-24-33(76)49(103-56-43(86)47(31(74)20(7-64)94-56)101-54-40(83)36(79)28(71)17(4-61)92-54)44(87)57(98-24)100-46-22(9-66)96-51(25(34(46)77)60-15(3)68)99-45-21(8-65)88-10-16(27(45)70)59-14(2)67;/h13,16-58,61-66,69-87H,4-12H2,1-3H3,(H,59,67)(H,60,68);/q;-2/t13-,16+,17-,18-,19-,20-,21-,22-,23-,24-,25-,26-,27-,28-,29-,30-,31-,32-,33-,34-,35+,36+,37+,38+,39+,40+,41+,42+,43+,44+,45-,46-,47+,48+,49+,50+,51+,52+,53-,54-,55-,56-,57+,58+;/m1./s1. The minimum absolute atomic E-state index is 0. The Labute approximate surface area is 594 Å². The van der Waals surface area contributed by atoms with Crippen molar-refractivity contribution in [1.29, 1.82) is 0 Å². The zero-order valence-electron chi connectivity index (χ0n) is 56.1. The number of hydrogen-bond donors (Lipinski definition) is 27. The third-order valence-corrected chi connectivity index (χ3v) is 19.4.